The fourth-order valence-corrected chi connectivity index (χ4v) is 2.15. The number of ether oxygens (including phenoxy) is 2. The molecule has 0 amide bonds. The fourth-order valence-electron chi connectivity index (χ4n) is 2.15. The zero-order valence-corrected chi connectivity index (χ0v) is 12.1. The molecule has 0 saturated heterocycles. The molecule has 4 nitrogen and oxygen atoms in total. The van der Waals surface area contributed by atoms with Crippen LogP contribution in [0.25, 0.3) is 0 Å². The van der Waals surface area contributed by atoms with Gasteiger partial charge in [-0.25, -0.2) is 0 Å². The van der Waals surface area contributed by atoms with Gasteiger partial charge >= 0.3 is 0 Å². The topological polar surface area (TPSA) is 57.4 Å². The third-order valence-corrected chi connectivity index (χ3v) is 3.06. The van der Waals surface area contributed by atoms with Crippen LogP contribution in [0.1, 0.15) is 22.5 Å². The minimum absolute atomic E-state index is 0.409. The van der Waals surface area contributed by atoms with Crippen molar-refractivity contribution in [3.63, 3.8) is 0 Å². The van der Waals surface area contributed by atoms with Crippen LogP contribution in [-0.4, -0.2) is 12.1 Å². The van der Waals surface area contributed by atoms with Crippen LogP contribution in [0.5, 0.6) is 11.5 Å². The second kappa shape index (κ2) is 6.50. The van der Waals surface area contributed by atoms with E-state index < -0.39 is 0 Å². The second-order valence-corrected chi connectivity index (χ2v) is 4.71. The van der Waals surface area contributed by atoms with Gasteiger partial charge in [-0.3, -0.25) is 4.98 Å². The number of nitrogens with two attached hydrogens (primary N) is 1. The third kappa shape index (κ3) is 3.35. The maximum absolute atomic E-state index is 5.97. The molecule has 2 rings (SSSR count). The summed E-state index contributed by atoms with van der Waals surface area (Å²) in [5, 5.41) is 0. The Hall–Kier alpha value is -1.91. The molecule has 0 radical (unpaired) electrons. The SMILES string of the molecule is COCc1cccc(Oc2cc(C)nc(C)c2CN)c1. The Balaban J connectivity index is 2.32. The Morgan fingerprint density at radius 2 is 2.00 bits per heavy atom. The smallest absolute Gasteiger partial charge is 0.135 e. The first-order chi connectivity index (χ1) is 9.63. The number of hydrogen-bond acceptors (Lipinski definition) is 4. The number of nitrogens with zero attached hydrogens (tertiary/aromatic N) is 1. The summed E-state index contributed by atoms with van der Waals surface area (Å²) < 4.78 is 11.1. The second-order valence-electron chi connectivity index (χ2n) is 4.71. The van der Waals surface area contributed by atoms with Gasteiger partial charge in [0, 0.05) is 36.7 Å². The van der Waals surface area contributed by atoms with Gasteiger partial charge in [-0.15, -0.1) is 0 Å². The highest BCUT2D eigenvalue weighted by Gasteiger charge is 2.09. The van der Waals surface area contributed by atoms with Crippen LogP contribution >= 0.6 is 0 Å². The lowest BCUT2D eigenvalue weighted by atomic mass is 10.1. The molecule has 20 heavy (non-hydrogen) atoms. The van der Waals surface area contributed by atoms with Gasteiger partial charge < -0.3 is 15.2 Å². The maximum atomic E-state index is 5.97. The van der Waals surface area contributed by atoms with Crippen LogP contribution in [0.15, 0.2) is 30.3 Å². The molecule has 0 bridgehead atoms. The van der Waals surface area contributed by atoms with Gasteiger partial charge in [0.25, 0.3) is 0 Å². The van der Waals surface area contributed by atoms with E-state index in [2.05, 4.69) is 4.98 Å². The summed E-state index contributed by atoms with van der Waals surface area (Å²) in [6, 6.07) is 9.76. The highest BCUT2D eigenvalue weighted by molar-refractivity contribution is 5.41. The van der Waals surface area contributed by atoms with Crippen molar-refractivity contribution in [2.24, 2.45) is 5.73 Å². The number of hydrogen-bond donors (Lipinski definition) is 1. The van der Waals surface area contributed by atoms with E-state index in [-0.39, 0.29) is 0 Å². The average molecular weight is 272 g/mol. The summed E-state index contributed by atoms with van der Waals surface area (Å²) in [5.41, 5.74) is 9.63. The molecule has 0 aliphatic rings. The summed E-state index contributed by atoms with van der Waals surface area (Å²) in [4.78, 5) is 4.41. The average Bonchev–Trinajstić information content (AvgIpc) is 2.39. The van der Waals surface area contributed by atoms with Crippen LogP contribution < -0.4 is 10.5 Å². The molecular formula is C16H20N2O2. The largest absolute Gasteiger partial charge is 0.457 e. The Morgan fingerprint density at radius 1 is 1.20 bits per heavy atom. The van der Waals surface area contributed by atoms with Crippen molar-refractivity contribution in [1.29, 1.82) is 0 Å². The predicted molar refractivity (Wildman–Crippen MR) is 78.8 cm³/mol. The van der Waals surface area contributed by atoms with E-state index in [4.69, 9.17) is 15.2 Å². The summed E-state index contributed by atoms with van der Waals surface area (Å²) in [6.07, 6.45) is 0. The molecule has 0 aliphatic carbocycles. The Bertz CT molecular complexity index is 597. The molecule has 106 valence electrons. The molecule has 1 aromatic heterocycles. The Labute approximate surface area is 119 Å². The Kier molecular flexibility index (Phi) is 4.71. The highest BCUT2D eigenvalue weighted by Crippen LogP contribution is 2.28. The lowest BCUT2D eigenvalue weighted by molar-refractivity contribution is 0.184. The molecule has 4 heteroatoms. The van der Waals surface area contributed by atoms with E-state index in [1.165, 1.54) is 0 Å². The zero-order valence-electron chi connectivity index (χ0n) is 12.1. The van der Waals surface area contributed by atoms with E-state index in [9.17, 15) is 0 Å². The number of pyridine rings is 1. The van der Waals surface area contributed by atoms with Crippen molar-refractivity contribution >= 4 is 0 Å². The predicted octanol–water partition coefficient (Wildman–Crippen LogP) is 3.10. The third-order valence-electron chi connectivity index (χ3n) is 3.06. The summed E-state index contributed by atoms with van der Waals surface area (Å²) >= 11 is 0. The first kappa shape index (κ1) is 14.5. The molecule has 0 atom stereocenters. The maximum Gasteiger partial charge on any atom is 0.135 e. The van der Waals surface area contributed by atoms with E-state index >= 15 is 0 Å². The van der Waals surface area contributed by atoms with Crippen LogP contribution in [-0.2, 0) is 17.9 Å². The lowest BCUT2D eigenvalue weighted by Gasteiger charge is -2.13. The first-order valence-electron chi connectivity index (χ1n) is 6.57. The molecule has 0 spiro atoms. The number of benzene rings is 1. The minimum atomic E-state index is 0.409. The first-order valence-corrected chi connectivity index (χ1v) is 6.57. The van der Waals surface area contributed by atoms with Gasteiger partial charge in [0.1, 0.15) is 11.5 Å². The number of aromatic nitrogens is 1. The minimum Gasteiger partial charge on any atom is -0.457 e. The van der Waals surface area contributed by atoms with Crippen molar-refractivity contribution < 1.29 is 9.47 Å². The molecule has 0 fully saturated rings. The van der Waals surface area contributed by atoms with Crippen LogP contribution in [0.4, 0.5) is 0 Å². The quantitative estimate of drug-likeness (QED) is 0.908. The summed E-state index contributed by atoms with van der Waals surface area (Å²) in [7, 11) is 1.68. The van der Waals surface area contributed by atoms with Crippen molar-refractivity contribution in [3.8, 4) is 11.5 Å². The molecular weight excluding hydrogens is 252 g/mol. The lowest BCUT2D eigenvalue weighted by Crippen LogP contribution is -2.05. The van der Waals surface area contributed by atoms with Gasteiger partial charge in [-0.05, 0) is 31.5 Å². The standard InChI is InChI=1S/C16H20N2O2/c1-11-7-16(15(9-17)12(2)18-11)20-14-6-4-5-13(8-14)10-19-3/h4-8H,9-10,17H2,1-3H3. The van der Waals surface area contributed by atoms with E-state index in [0.717, 1.165) is 34.0 Å². The fraction of sp³-hybridized carbons (Fsp3) is 0.312. The molecule has 0 aliphatic heterocycles. The van der Waals surface area contributed by atoms with Crippen molar-refractivity contribution in [2.45, 2.75) is 27.0 Å². The van der Waals surface area contributed by atoms with Gasteiger partial charge in [-0.1, -0.05) is 12.1 Å². The van der Waals surface area contributed by atoms with E-state index in [0.29, 0.717) is 13.2 Å². The normalized spacial score (nSPS) is 10.6. The summed E-state index contributed by atoms with van der Waals surface area (Å²) in [5.74, 6) is 1.55. The van der Waals surface area contributed by atoms with Crippen molar-refractivity contribution in [2.75, 3.05) is 7.11 Å². The van der Waals surface area contributed by atoms with Gasteiger partial charge in [0.05, 0.1) is 6.61 Å². The molecule has 1 aromatic carbocycles. The number of rotatable bonds is 5. The highest BCUT2D eigenvalue weighted by atomic mass is 16.5. The monoisotopic (exact) mass is 272 g/mol. The molecule has 2 N–H and O–H groups in total. The van der Waals surface area contributed by atoms with Crippen molar-refractivity contribution in [3.05, 3.63) is 52.8 Å². The zero-order chi connectivity index (χ0) is 14.5. The van der Waals surface area contributed by atoms with Gasteiger partial charge in [0.15, 0.2) is 0 Å². The molecule has 1 heterocycles. The summed E-state index contributed by atoms with van der Waals surface area (Å²) in [6.45, 7) is 4.87. The number of aryl methyl sites for hydroxylation is 2. The number of methoxy groups -OCH3 is 1. The van der Waals surface area contributed by atoms with Crippen LogP contribution in [0.2, 0.25) is 0 Å². The molecule has 0 saturated carbocycles. The van der Waals surface area contributed by atoms with E-state index in [1.807, 2.05) is 44.2 Å². The van der Waals surface area contributed by atoms with Gasteiger partial charge in [0.2, 0.25) is 0 Å². The van der Waals surface area contributed by atoms with Crippen LogP contribution in [0.3, 0.4) is 0 Å². The van der Waals surface area contributed by atoms with Gasteiger partial charge in [-0.2, -0.15) is 0 Å². The molecule has 0 unspecified atom stereocenters. The molecule has 2 aromatic rings. The van der Waals surface area contributed by atoms with E-state index in [1.54, 1.807) is 7.11 Å². The Morgan fingerprint density at radius 3 is 2.70 bits per heavy atom. The van der Waals surface area contributed by atoms with Crippen LogP contribution in [0, 0.1) is 13.8 Å². The van der Waals surface area contributed by atoms with Crippen molar-refractivity contribution in [1.82, 2.24) is 4.98 Å².